The molecule has 0 radical (unpaired) electrons. The van der Waals surface area contributed by atoms with Crippen LogP contribution in [-0.4, -0.2) is 11.8 Å². The number of ether oxygens (including phenoxy) is 2. The molecule has 126 valence electrons. The van der Waals surface area contributed by atoms with Crippen molar-refractivity contribution in [2.45, 2.75) is 13.0 Å². The van der Waals surface area contributed by atoms with Gasteiger partial charge in [0.25, 0.3) is 5.56 Å². The van der Waals surface area contributed by atoms with Gasteiger partial charge >= 0.3 is 0 Å². The van der Waals surface area contributed by atoms with Crippen molar-refractivity contribution in [2.75, 3.05) is 6.79 Å². The molecule has 2 aromatic carbocycles. The van der Waals surface area contributed by atoms with Crippen molar-refractivity contribution in [3.05, 3.63) is 82.3 Å². The number of nitrogens with one attached hydrogen (secondary N) is 2. The SMILES string of the molecule is C=CNC(c1ccc2c(c1)OCO2)c1ccc2[nH]c(=O)c(C)cc2c1. The third kappa shape index (κ3) is 2.74. The number of H-pyrrole nitrogens is 1. The van der Waals surface area contributed by atoms with Crippen LogP contribution in [0.2, 0.25) is 0 Å². The first-order chi connectivity index (χ1) is 12.2. The predicted molar refractivity (Wildman–Crippen MR) is 97.0 cm³/mol. The van der Waals surface area contributed by atoms with Gasteiger partial charge in [-0.05, 0) is 60.0 Å². The topological polar surface area (TPSA) is 63.4 Å². The largest absolute Gasteiger partial charge is 0.454 e. The van der Waals surface area contributed by atoms with Gasteiger partial charge in [0.2, 0.25) is 6.79 Å². The van der Waals surface area contributed by atoms with E-state index >= 15 is 0 Å². The number of benzene rings is 2. The highest BCUT2D eigenvalue weighted by atomic mass is 16.7. The van der Waals surface area contributed by atoms with Gasteiger partial charge in [-0.15, -0.1) is 0 Å². The molecular weight excluding hydrogens is 316 g/mol. The number of hydrogen-bond donors (Lipinski definition) is 2. The first kappa shape index (κ1) is 15.3. The van der Waals surface area contributed by atoms with E-state index < -0.39 is 0 Å². The molecule has 2 N–H and O–H groups in total. The van der Waals surface area contributed by atoms with E-state index in [2.05, 4.69) is 22.9 Å². The highest BCUT2D eigenvalue weighted by Gasteiger charge is 2.19. The van der Waals surface area contributed by atoms with Gasteiger partial charge in [0.15, 0.2) is 11.5 Å². The lowest BCUT2D eigenvalue weighted by Crippen LogP contribution is -2.17. The summed E-state index contributed by atoms with van der Waals surface area (Å²) in [6.45, 7) is 5.86. The molecule has 1 aliphatic heterocycles. The molecule has 5 nitrogen and oxygen atoms in total. The number of rotatable bonds is 4. The minimum Gasteiger partial charge on any atom is -0.454 e. The summed E-state index contributed by atoms with van der Waals surface area (Å²) in [4.78, 5) is 14.7. The molecule has 0 spiro atoms. The molecule has 0 saturated carbocycles. The smallest absolute Gasteiger partial charge is 0.251 e. The highest BCUT2D eigenvalue weighted by Crippen LogP contribution is 2.36. The number of hydrogen-bond acceptors (Lipinski definition) is 4. The van der Waals surface area contributed by atoms with E-state index in [4.69, 9.17) is 9.47 Å². The van der Waals surface area contributed by atoms with E-state index in [1.807, 2.05) is 43.3 Å². The van der Waals surface area contributed by atoms with Gasteiger partial charge in [0, 0.05) is 11.1 Å². The Morgan fingerprint density at radius 3 is 2.72 bits per heavy atom. The minimum atomic E-state index is -0.0800. The number of fused-ring (bicyclic) bond motifs is 2. The number of aryl methyl sites for hydroxylation is 1. The van der Waals surface area contributed by atoms with Crippen molar-refractivity contribution in [2.24, 2.45) is 0 Å². The monoisotopic (exact) mass is 334 g/mol. The fourth-order valence-electron chi connectivity index (χ4n) is 3.11. The highest BCUT2D eigenvalue weighted by molar-refractivity contribution is 5.80. The average Bonchev–Trinajstić information content (AvgIpc) is 3.08. The normalized spacial score (nSPS) is 13.6. The lowest BCUT2D eigenvalue weighted by molar-refractivity contribution is 0.174. The van der Waals surface area contributed by atoms with E-state index in [-0.39, 0.29) is 18.4 Å². The molecule has 0 aliphatic carbocycles. The number of aromatic nitrogens is 1. The van der Waals surface area contributed by atoms with Gasteiger partial charge in [0.1, 0.15) is 0 Å². The summed E-state index contributed by atoms with van der Waals surface area (Å²) >= 11 is 0. The molecule has 4 rings (SSSR count). The maximum absolute atomic E-state index is 11.8. The van der Waals surface area contributed by atoms with Crippen molar-refractivity contribution in [1.82, 2.24) is 10.3 Å². The van der Waals surface area contributed by atoms with Crippen molar-refractivity contribution >= 4 is 10.9 Å². The van der Waals surface area contributed by atoms with Crippen LogP contribution in [0.1, 0.15) is 22.7 Å². The van der Waals surface area contributed by atoms with Gasteiger partial charge in [0.05, 0.1) is 6.04 Å². The Morgan fingerprint density at radius 1 is 1.12 bits per heavy atom. The molecule has 1 unspecified atom stereocenters. The molecule has 2 heterocycles. The fraction of sp³-hybridized carbons (Fsp3) is 0.150. The molecular formula is C20H18N2O3. The predicted octanol–water partition coefficient (Wildman–Crippen LogP) is 3.39. The van der Waals surface area contributed by atoms with Crippen LogP contribution in [0.5, 0.6) is 11.5 Å². The van der Waals surface area contributed by atoms with Crippen LogP contribution in [0.3, 0.4) is 0 Å². The molecule has 25 heavy (non-hydrogen) atoms. The zero-order valence-corrected chi connectivity index (χ0v) is 13.8. The maximum Gasteiger partial charge on any atom is 0.251 e. The van der Waals surface area contributed by atoms with Crippen LogP contribution in [0.4, 0.5) is 0 Å². The van der Waals surface area contributed by atoms with Crippen LogP contribution in [0, 0.1) is 6.92 Å². The minimum absolute atomic E-state index is 0.0585. The number of aromatic amines is 1. The van der Waals surface area contributed by atoms with Crippen molar-refractivity contribution in [3.8, 4) is 11.5 Å². The molecule has 0 amide bonds. The van der Waals surface area contributed by atoms with Crippen LogP contribution >= 0.6 is 0 Å². The summed E-state index contributed by atoms with van der Waals surface area (Å²) in [6.07, 6.45) is 1.68. The fourth-order valence-corrected chi connectivity index (χ4v) is 3.11. The Hall–Kier alpha value is -3.21. The molecule has 0 saturated heterocycles. The Bertz CT molecular complexity index is 1020. The molecule has 5 heteroatoms. The van der Waals surface area contributed by atoms with Gasteiger partial charge in [-0.3, -0.25) is 4.79 Å². The van der Waals surface area contributed by atoms with E-state index in [0.29, 0.717) is 5.56 Å². The van der Waals surface area contributed by atoms with Crippen LogP contribution in [0.25, 0.3) is 10.9 Å². The quantitative estimate of drug-likeness (QED) is 0.768. The Labute approximate surface area is 144 Å². The lowest BCUT2D eigenvalue weighted by atomic mass is 9.96. The lowest BCUT2D eigenvalue weighted by Gasteiger charge is -2.19. The molecule has 0 fully saturated rings. The molecule has 1 atom stereocenters. The van der Waals surface area contributed by atoms with E-state index in [9.17, 15) is 4.79 Å². The summed E-state index contributed by atoms with van der Waals surface area (Å²) < 4.78 is 10.9. The zero-order chi connectivity index (χ0) is 17.4. The first-order valence-corrected chi connectivity index (χ1v) is 8.06. The van der Waals surface area contributed by atoms with Crippen molar-refractivity contribution < 1.29 is 9.47 Å². The molecule has 1 aromatic heterocycles. The summed E-state index contributed by atoms with van der Waals surface area (Å²) in [6, 6.07) is 13.7. The second kappa shape index (κ2) is 6.02. The van der Waals surface area contributed by atoms with Gasteiger partial charge < -0.3 is 19.8 Å². The van der Waals surface area contributed by atoms with Crippen LogP contribution in [-0.2, 0) is 0 Å². The van der Waals surface area contributed by atoms with Crippen LogP contribution < -0.4 is 20.3 Å². The van der Waals surface area contributed by atoms with Gasteiger partial charge in [-0.25, -0.2) is 0 Å². The molecule has 1 aliphatic rings. The maximum atomic E-state index is 11.8. The van der Waals surface area contributed by atoms with Gasteiger partial charge in [-0.2, -0.15) is 0 Å². The zero-order valence-electron chi connectivity index (χ0n) is 13.8. The Morgan fingerprint density at radius 2 is 1.88 bits per heavy atom. The standard InChI is InChI=1S/C20H18N2O3/c1-3-21-19(14-5-7-17-18(10-14)25-11-24-17)13-4-6-16-15(9-13)8-12(2)20(23)22-16/h3-10,19,21H,1,11H2,2H3,(H,22,23). The molecule has 0 bridgehead atoms. The second-order valence-corrected chi connectivity index (χ2v) is 6.04. The Balaban J connectivity index is 1.80. The third-order valence-corrected chi connectivity index (χ3v) is 4.40. The summed E-state index contributed by atoms with van der Waals surface area (Å²) in [7, 11) is 0. The van der Waals surface area contributed by atoms with E-state index in [0.717, 1.165) is 33.5 Å². The number of pyridine rings is 1. The summed E-state index contributed by atoms with van der Waals surface area (Å²) in [5, 5.41) is 4.28. The first-order valence-electron chi connectivity index (χ1n) is 8.06. The summed E-state index contributed by atoms with van der Waals surface area (Å²) in [5.74, 6) is 1.50. The van der Waals surface area contributed by atoms with Crippen molar-refractivity contribution in [1.29, 1.82) is 0 Å². The van der Waals surface area contributed by atoms with Crippen LogP contribution in [0.15, 0.2) is 60.0 Å². The van der Waals surface area contributed by atoms with E-state index in [1.165, 1.54) is 0 Å². The Kier molecular flexibility index (Phi) is 3.69. The summed E-state index contributed by atoms with van der Waals surface area (Å²) in [5.41, 5.74) is 3.57. The average molecular weight is 334 g/mol. The van der Waals surface area contributed by atoms with Crippen molar-refractivity contribution in [3.63, 3.8) is 0 Å². The second-order valence-electron chi connectivity index (χ2n) is 6.04. The molecule has 3 aromatic rings. The third-order valence-electron chi connectivity index (χ3n) is 4.40. The van der Waals surface area contributed by atoms with E-state index in [1.54, 1.807) is 6.20 Å². The van der Waals surface area contributed by atoms with Gasteiger partial charge in [-0.1, -0.05) is 18.7 Å².